The van der Waals surface area contributed by atoms with E-state index in [9.17, 15) is 57.8 Å². The fourth-order valence-corrected chi connectivity index (χ4v) is 8.57. The highest BCUT2D eigenvalue weighted by atomic mass is 19.4. The Balaban J connectivity index is 0.000000238. The second-order valence-corrected chi connectivity index (χ2v) is 13.4. The van der Waals surface area contributed by atoms with E-state index in [1.54, 1.807) is 0 Å². The maximum atomic E-state index is 13.4. The van der Waals surface area contributed by atoms with Gasteiger partial charge in [0, 0.05) is 7.11 Å². The average Bonchev–Trinajstić information content (AvgIpc) is 3.57. The summed E-state index contributed by atoms with van der Waals surface area (Å²) in [6, 6.07) is 0. The second-order valence-electron chi connectivity index (χ2n) is 13.4. The molecule has 0 radical (unpaired) electrons. The fraction of sp³-hybridized carbons (Fsp3) is 1.00. The van der Waals surface area contributed by atoms with Gasteiger partial charge in [-0.1, -0.05) is 27.7 Å². The fourth-order valence-electron chi connectivity index (χ4n) is 8.57. The van der Waals surface area contributed by atoms with E-state index in [0.29, 0.717) is 37.5 Å². The first-order valence-electron chi connectivity index (χ1n) is 14.4. The van der Waals surface area contributed by atoms with Crippen molar-refractivity contribution in [3.63, 3.8) is 0 Å². The summed E-state index contributed by atoms with van der Waals surface area (Å²) in [6.07, 6.45) is -22.7. The van der Waals surface area contributed by atoms with Gasteiger partial charge in [0.25, 0.3) is 11.2 Å². The Labute approximate surface area is 243 Å². The van der Waals surface area contributed by atoms with Crippen molar-refractivity contribution >= 4 is 0 Å². The Hall–Kier alpha value is -0.960. The summed E-state index contributed by atoms with van der Waals surface area (Å²) in [7, 11) is 0.999. The van der Waals surface area contributed by atoms with Gasteiger partial charge in [0.05, 0.1) is 0 Å². The van der Waals surface area contributed by atoms with Gasteiger partial charge in [0.15, 0.2) is 0 Å². The predicted molar refractivity (Wildman–Crippen MR) is 130 cm³/mol. The van der Waals surface area contributed by atoms with Crippen LogP contribution in [0.4, 0.5) is 52.7 Å². The minimum Gasteiger partial charge on any atom is -0.374 e. The Morgan fingerprint density at radius 1 is 0.558 bits per heavy atom. The minimum absolute atomic E-state index is 0.106. The Morgan fingerprint density at radius 2 is 0.930 bits per heavy atom. The van der Waals surface area contributed by atoms with E-state index < -0.39 is 67.4 Å². The zero-order valence-electron chi connectivity index (χ0n) is 24.5. The van der Waals surface area contributed by atoms with Crippen molar-refractivity contribution in [3.05, 3.63) is 0 Å². The number of hydrogen-bond acceptors (Lipinski definition) is 3. The first-order valence-corrected chi connectivity index (χ1v) is 14.4. The monoisotopic (exact) mass is 652 g/mol. The molecule has 1 N–H and O–H groups in total. The van der Waals surface area contributed by atoms with Crippen LogP contribution < -0.4 is 0 Å². The number of hydrogen-bond donors (Lipinski definition) is 1. The van der Waals surface area contributed by atoms with E-state index in [4.69, 9.17) is 0 Å². The van der Waals surface area contributed by atoms with Crippen LogP contribution in [0.3, 0.4) is 0 Å². The summed E-state index contributed by atoms with van der Waals surface area (Å²) in [6.45, 7) is 6.76. The number of halogens is 12. The molecule has 0 saturated heterocycles. The summed E-state index contributed by atoms with van der Waals surface area (Å²) < 4.78 is 165. The van der Waals surface area contributed by atoms with E-state index in [-0.39, 0.29) is 35.5 Å². The topological polar surface area (TPSA) is 38.7 Å². The third-order valence-electron chi connectivity index (χ3n) is 11.5. The number of methoxy groups -OCH3 is 1. The number of aliphatic hydroxyl groups is 1. The van der Waals surface area contributed by atoms with Crippen LogP contribution in [-0.2, 0) is 9.47 Å². The van der Waals surface area contributed by atoms with Crippen molar-refractivity contribution in [2.45, 2.75) is 102 Å². The molecule has 0 aromatic rings. The summed E-state index contributed by atoms with van der Waals surface area (Å²) >= 11 is 0. The highest BCUT2D eigenvalue weighted by molar-refractivity contribution is 5.05. The van der Waals surface area contributed by atoms with Crippen LogP contribution >= 0.6 is 0 Å². The summed E-state index contributed by atoms with van der Waals surface area (Å²) in [4.78, 5) is 0. The maximum absolute atomic E-state index is 13.4. The number of rotatable bonds is 7. The molecule has 0 aliphatic heterocycles. The summed E-state index contributed by atoms with van der Waals surface area (Å²) in [5.74, 6) is -0.261. The molecule has 10 unspecified atom stereocenters. The van der Waals surface area contributed by atoms with Crippen molar-refractivity contribution < 1.29 is 67.3 Å². The second kappa shape index (κ2) is 12.0. The number of fused-ring (bicyclic) bond motifs is 4. The molecule has 3 nitrogen and oxygen atoms in total. The number of alkyl halides is 12. The lowest BCUT2D eigenvalue weighted by Crippen LogP contribution is -2.60. The molecule has 4 aliphatic rings. The van der Waals surface area contributed by atoms with Gasteiger partial charge in [-0.05, 0) is 97.7 Å². The lowest BCUT2D eigenvalue weighted by atomic mass is 9.71. The van der Waals surface area contributed by atoms with Crippen LogP contribution in [0.25, 0.3) is 0 Å². The molecule has 0 aromatic carbocycles. The largest absolute Gasteiger partial charge is 0.426 e. The SMILES string of the molecule is CC1C2CC(CC(O)(C(F)(F)F)C(F)(F)F)C(C2)C1C.COCOC(CC1CC2CC1C(C)C2C)(C(F)(F)F)C(F)(F)F. The highest BCUT2D eigenvalue weighted by Crippen LogP contribution is 2.61. The molecule has 43 heavy (non-hydrogen) atoms. The maximum Gasteiger partial charge on any atom is 0.426 e. The molecule has 15 heteroatoms. The molecule has 0 spiro atoms. The van der Waals surface area contributed by atoms with Crippen LogP contribution in [0.15, 0.2) is 0 Å². The quantitative estimate of drug-likeness (QED) is 0.221. The third kappa shape index (κ3) is 6.51. The van der Waals surface area contributed by atoms with Crippen molar-refractivity contribution in [3.8, 4) is 0 Å². The molecule has 4 aliphatic carbocycles. The molecule has 0 heterocycles. The van der Waals surface area contributed by atoms with E-state index in [1.807, 2.05) is 27.7 Å². The average molecular weight is 653 g/mol. The molecule has 4 rings (SSSR count). The van der Waals surface area contributed by atoms with Crippen LogP contribution in [0.5, 0.6) is 0 Å². The van der Waals surface area contributed by atoms with E-state index >= 15 is 0 Å². The van der Waals surface area contributed by atoms with Gasteiger partial charge in [-0.25, -0.2) is 0 Å². The van der Waals surface area contributed by atoms with Crippen LogP contribution in [0, 0.1) is 59.2 Å². The van der Waals surface area contributed by atoms with Crippen molar-refractivity contribution in [1.29, 1.82) is 0 Å². The van der Waals surface area contributed by atoms with E-state index in [0.717, 1.165) is 7.11 Å². The lowest BCUT2D eigenvalue weighted by molar-refractivity contribution is -0.397. The molecule has 10 atom stereocenters. The first kappa shape index (κ1) is 36.5. The molecule has 254 valence electrons. The lowest BCUT2D eigenvalue weighted by Gasteiger charge is -2.41. The summed E-state index contributed by atoms with van der Waals surface area (Å²) in [5, 5.41) is 9.28. The standard InChI is InChI=1S/C15H22F6O2.C13H18F6O/c1-8-9(2)12-5-10(8)4-11(12)6-13(14(16,17)18,15(19,20)21)23-7-22-3;1-6-7(2)10-4-8(6)3-9(10)5-11(20,12(14,15)16)13(17,18)19/h8-12H,4-7H2,1-3H3;6-10,20H,3-5H2,1-2H3. The third-order valence-corrected chi connectivity index (χ3v) is 11.5. The Bertz CT molecular complexity index is 911. The number of ether oxygens (including phenoxy) is 2. The molecule has 4 bridgehead atoms. The predicted octanol–water partition coefficient (Wildman–Crippen LogP) is 8.95. The van der Waals surface area contributed by atoms with Crippen molar-refractivity contribution in [2.24, 2.45) is 59.2 Å². The molecular formula is C28H40F12O3. The zero-order chi connectivity index (χ0) is 33.1. The van der Waals surface area contributed by atoms with Crippen LogP contribution in [0.2, 0.25) is 0 Å². The Kier molecular flexibility index (Phi) is 10.2. The van der Waals surface area contributed by atoms with Crippen molar-refractivity contribution in [2.75, 3.05) is 13.9 Å². The Morgan fingerprint density at radius 3 is 1.21 bits per heavy atom. The van der Waals surface area contributed by atoms with E-state index in [2.05, 4.69) is 9.47 Å². The van der Waals surface area contributed by atoms with Gasteiger partial charge in [-0.15, -0.1) is 0 Å². The molecule has 4 fully saturated rings. The molecule has 0 aromatic heterocycles. The van der Waals surface area contributed by atoms with Crippen LogP contribution in [0.1, 0.15) is 66.2 Å². The van der Waals surface area contributed by atoms with Gasteiger partial charge in [-0.2, -0.15) is 52.7 Å². The summed E-state index contributed by atoms with van der Waals surface area (Å²) in [5.41, 5.74) is -8.74. The normalized spacial score (nSPS) is 36.7. The molecule has 4 saturated carbocycles. The highest BCUT2D eigenvalue weighted by Gasteiger charge is 2.74. The van der Waals surface area contributed by atoms with Gasteiger partial charge in [0.1, 0.15) is 6.79 Å². The van der Waals surface area contributed by atoms with Crippen molar-refractivity contribution in [1.82, 2.24) is 0 Å². The van der Waals surface area contributed by atoms with Crippen LogP contribution in [-0.4, -0.2) is 54.9 Å². The van der Waals surface area contributed by atoms with E-state index in [1.165, 1.54) is 0 Å². The smallest absolute Gasteiger partial charge is 0.374 e. The molecular weight excluding hydrogens is 612 g/mol. The zero-order valence-corrected chi connectivity index (χ0v) is 24.5. The molecule has 0 amide bonds. The van der Waals surface area contributed by atoms with Gasteiger partial charge >= 0.3 is 24.7 Å². The first-order chi connectivity index (χ1) is 19.3. The van der Waals surface area contributed by atoms with Gasteiger partial charge in [-0.3, -0.25) is 0 Å². The van der Waals surface area contributed by atoms with Gasteiger partial charge < -0.3 is 14.6 Å². The minimum atomic E-state index is -5.69. The van der Waals surface area contributed by atoms with Gasteiger partial charge in [0.2, 0.25) is 0 Å².